The molecule has 0 rings (SSSR count). The Bertz CT molecular complexity index is 350. The molecule has 6 nitrogen and oxygen atoms in total. The van der Waals surface area contributed by atoms with Gasteiger partial charge in [-0.05, 0) is 12.5 Å². The van der Waals surface area contributed by atoms with Crippen molar-refractivity contribution in [3.05, 3.63) is 12.2 Å². The molecule has 0 saturated heterocycles. The standard InChI is InChI=1S/C10H15NO5/c1-6(2)7(12)10(8(13)14,9(15)16)11(3,4)5/h1H2,2-5H3,(H-,13,14,15,16)/p+1. The lowest BCUT2D eigenvalue weighted by Crippen LogP contribution is -2.71. The van der Waals surface area contributed by atoms with Crippen molar-refractivity contribution in [1.82, 2.24) is 0 Å². The lowest BCUT2D eigenvalue weighted by Gasteiger charge is -2.38. The van der Waals surface area contributed by atoms with Gasteiger partial charge in [0.1, 0.15) is 0 Å². The SMILES string of the molecule is C=C(C)C(=O)C(C(=O)O)(C(=O)O)[N+](C)(C)C. The predicted octanol–water partition coefficient (Wildman–Crippen LogP) is -0.254. The molecule has 90 valence electrons. The van der Waals surface area contributed by atoms with E-state index in [4.69, 9.17) is 10.2 Å². The van der Waals surface area contributed by atoms with Crippen LogP contribution in [0, 0.1) is 0 Å². The van der Waals surface area contributed by atoms with Crippen LogP contribution in [-0.4, -0.2) is 59.1 Å². The first kappa shape index (κ1) is 14.3. The van der Waals surface area contributed by atoms with E-state index in [1.54, 1.807) is 0 Å². The van der Waals surface area contributed by atoms with E-state index < -0.39 is 27.7 Å². The number of ketones is 1. The number of likely N-dealkylation sites (N-methyl/N-ethyl adjacent to an activating group) is 1. The largest absolute Gasteiger partial charge is 0.476 e. The average molecular weight is 230 g/mol. The molecule has 0 aliphatic heterocycles. The van der Waals surface area contributed by atoms with E-state index in [1.165, 1.54) is 28.1 Å². The van der Waals surface area contributed by atoms with Crippen LogP contribution in [-0.2, 0) is 14.4 Å². The van der Waals surface area contributed by atoms with Crippen molar-refractivity contribution in [2.45, 2.75) is 12.5 Å². The Morgan fingerprint density at radius 1 is 1.06 bits per heavy atom. The summed E-state index contributed by atoms with van der Waals surface area (Å²) in [4.78, 5) is 34.2. The third-order valence-corrected chi connectivity index (χ3v) is 2.34. The molecule has 0 bridgehead atoms. The molecule has 0 aliphatic rings. The zero-order valence-corrected chi connectivity index (χ0v) is 9.77. The highest BCUT2D eigenvalue weighted by Crippen LogP contribution is 2.24. The molecule has 0 unspecified atom stereocenters. The number of hydrogen-bond acceptors (Lipinski definition) is 3. The monoisotopic (exact) mass is 230 g/mol. The molecule has 0 aromatic carbocycles. The maximum atomic E-state index is 11.8. The number of nitrogens with zero attached hydrogens (tertiary/aromatic N) is 1. The van der Waals surface area contributed by atoms with Crippen LogP contribution in [0.4, 0.5) is 0 Å². The highest BCUT2D eigenvalue weighted by Gasteiger charge is 2.64. The van der Waals surface area contributed by atoms with Crippen molar-refractivity contribution in [2.24, 2.45) is 0 Å². The fourth-order valence-electron chi connectivity index (χ4n) is 1.47. The van der Waals surface area contributed by atoms with Crippen LogP contribution in [0.3, 0.4) is 0 Å². The van der Waals surface area contributed by atoms with Crippen molar-refractivity contribution in [3.63, 3.8) is 0 Å². The molecular weight excluding hydrogens is 214 g/mol. The first-order valence-electron chi connectivity index (χ1n) is 4.48. The molecule has 0 atom stereocenters. The molecular formula is C10H16NO5+. The van der Waals surface area contributed by atoms with E-state index in [0.29, 0.717) is 0 Å². The number of carbonyl (C=O) groups is 3. The first-order valence-corrected chi connectivity index (χ1v) is 4.48. The number of Topliss-reactive ketones (excluding diaryl/α,β-unsaturated/α-hetero) is 1. The summed E-state index contributed by atoms with van der Waals surface area (Å²) >= 11 is 0. The van der Waals surface area contributed by atoms with Crippen LogP contribution in [0.5, 0.6) is 0 Å². The van der Waals surface area contributed by atoms with Crippen LogP contribution in [0.1, 0.15) is 6.92 Å². The fourth-order valence-corrected chi connectivity index (χ4v) is 1.47. The van der Waals surface area contributed by atoms with Crippen molar-refractivity contribution < 1.29 is 29.1 Å². The Balaban J connectivity index is 6.06. The second-order valence-corrected chi connectivity index (χ2v) is 4.44. The number of carboxylic acids is 2. The minimum absolute atomic E-state index is 0.0992. The summed E-state index contributed by atoms with van der Waals surface area (Å²) < 4.78 is -0.552. The minimum atomic E-state index is -2.55. The predicted molar refractivity (Wildman–Crippen MR) is 55.9 cm³/mol. The van der Waals surface area contributed by atoms with Gasteiger partial charge in [-0.3, -0.25) is 4.79 Å². The molecule has 0 radical (unpaired) electrons. The van der Waals surface area contributed by atoms with Gasteiger partial charge in [0.05, 0.1) is 21.1 Å². The summed E-state index contributed by atoms with van der Waals surface area (Å²) in [5.41, 5.74) is -2.65. The third-order valence-electron chi connectivity index (χ3n) is 2.34. The van der Waals surface area contributed by atoms with E-state index >= 15 is 0 Å². The lowest BCUT2D eigenvalue weighted by atomic mass is 9.87. The summed E-state index contributed by atoms with van der Waals surface area (Å²) in [5.74, 6) is -4.39. The molecule has 6 heteroatoms. The highest BCUT2D eigenvalue weighted by atomic mass is 16.4. The second-order valence-electron chi connectivity index (χ2n) is 4.44. The van der Waals surface area contributed by atoms with Gasteiger partial charge in [0.2, 0.25) is 5.78 Å². The van der Waals surface area contributed by atoms with Crippen LogP contribution in [0.2, 0.25) is 0 Å². The van der Waals surface area contributed by atoms with Gasteiger partial charge < -0.3 is 14.7 Å². The summed E-state index contributed by atoms with van der Waals surface area (Å²) in [5, 5.41) is 18.2. The van der Waals surface area contributed by atoms with E-state index in [-0.39, 0.29) is 5.57 Å². The molecule has 0 saturated carbocycles. The maximum Gasteiger partial charge on any atom is 0.386 e. The lowest BCUT2D eigenvalue weighted by molar-refractivity contribution is -0.894. The Morgan fingerprint density at radius 2 is 1.38 bits per heavy atom. The van der Waals surface area contributed by atoms with Crippen molar-refractivity contribution in [2.75, 3.05) is 21.1 Å². The van der Waals surface area contributed by atoms with Crippen molar-refractivity contribution in [3.8, 4) is 0 Å². The molecule has 0 fully saturated rings. The van der Waals surface area contributed by atoms with Crippen LogP contribution >= 0.6 is 0 Å². The van der Waals surface area contributed by atoms with E-state index in [9.17, 15) is 14.4 Å². The molecule has 0 heterocycles. The van der Waals surface area contributed by atoms with Gasteiger partial charge in [0.25, 0.3) is 0 Å². The van der Waals surface area contributed by atoms with Gasteiger partial charge in [-0.25, -0.2) is 9.59 Å². The van der Waals surface area contributed by atoms with E-state index in [1.807, 2.05) is 0 Å². The number of quaternary nitrogens is 1. The summed E-state index contributed by atoms with van der Waals surface area (Å²) in [6, 6.07) is 0. The fraction of sp³-hybridized carbons (Fsp3) is 0.500. The Morgan fingerprint density at radius 3 is 1.44 bits per heavy atom. The van der Waals surface area contributed by atoms with Gasteiger partial charge in [0, 0.05) is 0 Å². The van der Waals surface area contributed by atoms with Gasteiger partial charge in [-0.2, -0.15) is 0 Å². The summed E-state index contributed by atoms with van der Waals surface area (Å²) in [6.45, 7) is 4.60. The Kier molecular flexibility index (Phi) is 3.62. The van der Waals surface area contributed by atoms with Crippen molar-refractivity contribution in [1.29, 1.82) is 0 Å². The zero-order valence-electron chi connectivity index (χ0n) is 9.77. The van der Waals surface area contributed by atoms with Gasteiger partial charge >= 0.3 is 17.5 Å². The van der Waals surface area contributed by atoms with Crippen LogP contribution in [0.25, 0.3) is 0 Å². The number of carbonyl (C=O) groups excluding carboxylic acids is 1. The summed E-state index contributed by atoms with van der Waals surface area (Å²) in [7, 11) is 4.01. The number of hydrogen-bond donors (Lipinski definition) is 2. The van der Waals surface area contributed by atoms with Crippen LogP contribution < -0.4 is 0 Å². The molecule has 0 spiro atoms. The molecule has 0 aromatic rings. The quantitative estimate of drug-likeness (QED) is 0.386. The molecule has 2 N–H and O–H groups in total. The van der Waals surface area contributed by atoms with E-state index in [0.717, 1.165) is 0 Å². The van der Waals surface area contributed by atoms with Gasteiger partial charge in [-0.1, -0.05) is 6.58 Å². The number of aliphatic carboxylic acids is 2. The van der Waals surface area contributed by atoms with Gasteiger partial charge in [-0.15, -0.1) is 0 Å². The molecule has 0 amide bonds. The molecule has 16 heavy (non-hydrogen) atoms. The van der Waals surface area contributed by atoms with Crippen LogP contribution in [0.15, 0.2) is 12.2 Å². The third kappa shape index (κ3) is 1.83. The number of carboxylic acid groups (broad SMARTS) is 2. The first-order chi connectivity index (χ1) is 6.99. The number of rotatable bonds is 5. The summed E-state index contributed by atoms with van der Waals surface area (Å²) in [6.07, 6.45) is 0. The second kappa shape index (κ2) is 4.05. The molecule has 0 aromatic heterocycles. The van der Waals surface area contributed by atoms with Crippen molar-refractivity contribution >= 4 is 17.7 Å². The molecule has 0 aliphatic carbocycles. The Hall–Kier alpha value is -1.69. The smallest absolute Gasteiger partial charge is 0.386 e. The minimum Gasteiger partial charge on any atom is -0.476 e. The maximum absolute atomic E-state index is 11.8. The van der Waals surface area contributed by atoms with Gasteiger partial charge in [0.15, 0.2) is 0 Å². The normalized spacial score (nSPS) is 12.0. The average Bonchev–Trinajstić information content (AvgIpc) is 1.99. The Labute approximate surface area is 93.4 Å². The highest BCUT2D eigenvalue weighted by molar-refractivity contribution is 6.27. The van der Waals surface area contributed by atoms with E-state index in [2.05, 4.69) is 6.58 Å². The topological polar surface area (TPSA) is 91.7 Å². The zero-order chi connectivity index (χ0) is 13.3.